The van der Waals surface area contributed by atoms with Crippen LogP contribution in [0.3, 0.4) is 0 Å². The minimum absolute atomic E-state index is 0.0446. The fourth-order valence-electron chi connectivity index (χ4n) is 5.82. The summed E-state index contributed by atoms with van der Waals surface area (Å²) in [4.78, 5) is 38.3. The monoisotopic (exact) mass is 440 g/mol. The van der Waals surface area contributed by atoms with Crippen LogP contribution < -0.4 is 15.8 Å². The van der Waals surface area contributed by atoms with Crippen molar-refractivity contribution >= 4 is 23.2 Å². The number of hydrogen-bond acceptors (Lipinski definition) is 8. The SMILES string of the molecule is COc1c2c(cc3c1C(=O)C1=C(O)[C@]4(O)C(=O)C(C(N)=O)=C(O)C[C@@H]4CC1C3)NCCC2. The van der Waals surface area contributed by atoms with Crippen molar-refractivity contribution in [2.75, 3.05) is 19.0 Å². The van der Waals surface area contributed by atoms with E-state index in [-0.39, 0.29) is 18.4 Å². The van der Waals surface area contributed by atoms with Crippen LogP contribution in [0, 0.1) is 11.8 Å². The lowest BCUT2D eigenvalue weighted by molar-refractivity contribution is -0.144. The molecule has 0 saturated heterocycles. The van der Waals surface area contributed by atoms with Crippen molar-refractivity contribution < 1.29 is 34.4 Å². The summed E-state index contributed by atoms with van der Waals surface area (Å²) < 4.78 is 5.62. The summed E-state index contributed by atoms with van der Waals surface area (Å²) >= 11 is 0. The lowest BCUT2D eigenvalue weighted by Crippen LogP contribution is -2.57. The van der Waals surface area contributed by atoms with Gasteiger partial charge in [-0.2, -0.15) is 0 Å². The minimum Gasteiger partial charge on any atom is -0.511 e. The van der Waals surface area contributed by atoms with Gasteiger partial charge in [-0.1, -0.05) is 0 Å². The molecule has 1 aromatic rings. The van der Waals surface area contributed by atoms with Crippen molar-refractivity contribution in [1.29, 1.82) is 0 Å². The number of carbonyl (C=O) groups excluding carboxylic acids is 3. The Kier molecular flexibility index (Phi) is 4.39. The van der Waals surface area contributed by atoms with E-state index in [4.69, 9.17) is 10.5 Å². The maximum Gasteiger partial charge on any atom is 0.255 e. The Morgan fingerprint density at radius 3 is 2.72 bits per heavy atom. The standard InChI is InChI=1S/C23H24N2O7/c1-32-19-12-3-2-4-25-13(12)7-10-5-9-6-11-8-14(26)17(22(24)30)21(29)23(11,31)20(28)16(9)18(27)15(10)19/h7,9,11,25-26,28,31H,2-6,8H2,1H3,(H2,24,30)/t9?,11-,23-/m0/s1. The van der Waals surface area contributed by atoms with Crippen LogP contribution in [0.15, 0.2) is 28.7 Å². The number of methoxy groups -OCH3 is 1. The fraction of sp³-hybridized carbons (Fsp3) is 0.435. The largest absolute Gasteiger partial charge is 0.511 e. The molecule has 1 unspecified atom stereocenters. The number of rotatable bonds is 2. The third kappa shape index (κ3) is 2.51. The van der Waals surface area contributed by atoms with Crippen LogP contribution in [-0.2, 0) is 22.4 Å². The molecule has 0 fully saturated rings. The number of hydrogen-bond donors (Lipinski definition) is 5. The molecule has 3 aliphatic carbocycles. The zero-order valence-corrected chi connectivity index (χ0v) is 17.5. The number of aliphatic hydroxyl groups is 3. The van der Waals surface area contributed by atoms with E-state index in [0.717, 1.165) is 36.2 Å². The first-order valence-electron chi connectivity index (χ1n) is 10.6. The number of primary amides is 1. The molecule has 4 aliphatic rings. The van der Waals surface area contributed by atoms with Crippen molar-refractivity contribution in [1.82, 2.24) is 0 Å². The molecule has 32 heavy (non-hydrogen) atoms. The lowest BCUT2D eigenvalue weighted by atomic mass is 9.60. The van der Waals surface area contributed by atoms with Gasteiger partial charge in [0.05, 0.1) is 12.7 Å². The number of ketones is 2. The summed E-state index contributed by atoms with van der Waals surface area (Å²) in [5.41, 5.74) is 4.85. The maximum atomic E-state index is 13.6. The number of fused-ring (bicyclic) bond motifs is 4. The number of nitrogens with one attached hydrogen (secondary N) is 1. The number of benzene rings is 1. The Balaban J connectivity index is 1.69. The highest BCUT2D eigenvalue weighted by Gasteiger charge is 2.59. The zero-order valence-electron chi connectivity index (χ0n) is 17.5. The number of allylic oxidation sites excluding steroid dienone is 2. The Morgan fingerprint density at radius 1 is 1.28 bits per heavy atom. The molecular weight excluding hydrogens is 416 g/mol. The molecule has 1 aromatic carbocycles. The van der Waals surface area contributed by atoms with E-state index >= 15 is 0 Å². The van der Waals surface area contributed by atoms with Gasteiger partial charge in [-0.3, -0.25) is 14.4 Å². The lowest BCUT2D eigenvalue weighted by Gasteiger charge is -2.45. The molecule has 3 atom stereocenters. The van der Waals surface area contributed by atoms with Crippen molar-refractivity contribution in [2.45, 2.75) is 37.7 Å². The van der Waals surface area contributed by atoms with Gasteiger partial charge in [0.2, 0.25) is 5.78 Å². The van der Waals surface area contributed by atoms with Gasteiger partial charge in [-0.05, 0) is 43.2 Å². The summed E-state index contributed by atoms with van der Waals surface area (Å²) in [7, 11) is 1.49. The average Bonchev–Trinajstić information content (AvgIpc) is 2.74. The van der Waals surface area contributed by atoms with E-state index in [9.17, 15) is 29.7 Å². The number of anilines is 1. The molecule has 0 aromatic heterocycles. The van der Waals surface area contributed by atoms with Crippen LogP contribution in [-0.4, -0.2) is 52.0 Å². The second-order valence-corrected chi connectivity index (χ2v) is 8.91. The predicted molar refractivity (Wildman–Crippen MR) is 113 cm³/mol. The summed E-state index contributed by atoms with van der Waals surface area (Å²) in [5, 5.41) is 35.9. The molecule has 1 heterocycles. The van der Waals surface area contributed by atoms with Gasteiger partial charge in [0.25, 0.3) is 5.91 Å². The number of nitrogens with two attached hydrogens (primary N) is 1. The first-order chi connectivity index (χ1) is 15.2. The third-order valence-corrected chi connectivity index (χ3v) is 7.26. The molecular formula is C23H24N2O7. The topological polar surface area (TPSA) is 159 Å². The normalized spacial score (nSPS) is 28.9. The van der Waals surface area contributed by atoms with Crippen LogP contribution in [0.4, 0.5) is 5.69 Å². The number of amides is 1. The van der Waals surface area contributed by atoms with Crippen LogP contribution in [0.1, 0.15) is 40.7 Å². The average molecular weight is 440 g/mol. The van der Waals surface area contributed by atoms with Crippen LogP contribution in [0.5, 0.6) is 5.75 Å². The first-order valence-corrected chi connectivity index (χ1v) is 10.6. The Hall–Kier alpha value is -3.33. The zero-order chi connectivity index (χ0) is 22.9. The molecule has 5 rings (SSSR count). The van der Waals surface area contributed by atoms with E-state index in [1.165, 1.54) is 7.11 Å². The third-order valence-electron chi connectivity index (χ3n) is 7.26. The van der Waals surface area contributed by atoms with Gasteiger partial charge >= 0.3 is 0 Å². The number of ether oxygens (including phenoxy) is 1. The maximum absolute atomic E-state index is 13.6. The summed E-state index contributed by atoms with van der Waals surface area (Å²) in [6, 6.07) is 1.94. The molecule has 168 valence electrons. The molecule has 0 saturated carbocycles. The highest BCUT2D eigenvalue weighted by atomic mass is 16.5. The quantitative estimate of drug-likeness (QED) is 0.430. The molecule has 6 N–H and O–H groups in total. The van der Waals surface area contributed by atoms with Gasteiger partial charge in [-0.15, -0.1) is 0 Å². The smallest absolute Gasteiger partial charge is 0.255 e. The van der Waals surface area contributed by atoms with Crippen LogP contribution in [0.25, 0.3) is 0 Å². The summed E-state index contributed by atoms with van der Waals surface area (Å²) in [5.74, 6) is -5.05. The molecule has 0 spiro atoms. The van der Waals surface area contributed by atoms with E-state index in [1.807, 2.05) is 6.07 Å². The number of aliphatic hydroxyl groups excluding tert-OH is 2. The van der Waals surface area contributed by atoms with Gasteiger partial charge in [0, 0.05) is 35.7 Å². The van der Waals surface area contributed by atoms with E-state index in [0.29, 0.717) is 17.7 Å². The Bertz CT molecular complexity index is 1170. The molecule has 9 heteroatoms. The Labute approximate surface area is 183 Å². The predicted octanol–water partition coefficient (Wildman–Crippen LogP) is 1.24. The highest BCUT2D eigenvalue weighted by Crippen LogP contribution is 2.52. The number of Topliss-reactive ketones (excluding diaryl/α,β-unsaturated/α-hetero) is 2. The second kappa shape index (κ2) is 6.83. The van der Waals surface area contributed by atoms with Crippen LogP contribution in [0.2, 0.25) is 0 Å². The molecule has 1 aliphatic heterocycles. The molecule has 0 radical (unpaired) electrons. The van der Waals surface area contributed by atoms with E-state index in [1.54, 1.807) is 0 Å². The fourth-order valence-corrected chi connectivity index (χ4v) is 5.82. The molecule has 9 nitrogen and oxygen atoms in total. The van der Waals surface area contributed by atoms with E-state index < -0.39 is 52.0 Å². The second-order valence-electron chi connectivity index (χ2n) is 8.91. The van der Waals surface area contributed by atoms with Crippen molar-refractivity contribution in [3.8, 4) is 5.75 Å². The highest BCUT2D eigenvalue weighted by molar-refractivity contribution is 6.24. The van der Waals surface area contributed by atoms with Gasteiger partial charge in [0.1, 0.15) is 22.8 Å². The van der Waals surface area contributed by atoms with Crippen molar-refractivity contribution in [2.24, 2.45) is 17.6 Å². The minimum atomic E-state index is -2.49. The van der Waals surface area contributed by atoms with Gasteiger partial charge < -0.3 is 31.1 Å². The Morgan fingerprint density at radius 2 is 2.03 bits per heavy atom. The molecule has 1 amide bonds. The van der Waals surface area contributed by atoms with Crippen molar-refractivity contribution in [3.05, 3.63) is 45.4 Å². The summed E-state index contributed by atoms with van der Waals surface area (Å²) in [6.07, 6.45) is 1.99. The van der Waals surface area contributed by atoms with Gasteiger partial charge in [0.15, 0.2) is 11.4 Å². The van der Waals surface area contributed by atoms with Gasteiger partial charge in [-0.25, -0.2) is 0 Å². The van der Waals surface area contributed by atoms with Crippen molar-refractivity contribution in [3.63, 3.8) is 0 Å². The van der Waals surface area contributed by atoms with Crippen LogP contribution >= 0.6 is 0 Å². The number of carbonyl (C=O) groups is 3. The van der Waals surface area contributed by atoms with E-state index in [2.05, 4.69) is 5.32 Å². The first kappa shape index (κ1) is 20.6. The summed E-state index contributed by atoms with van der Waals surface area (Å²) in [6.45, 7) is 0.823. The molecule has 0 bridgehead atoms.